The van der Waals surface area contributed by atoms with Crippen LogP contribution in [-0.4, -0.2) is 16.5 Å². The summed E-state index contributed by atoms with van der Waals surface area (Å²) in [5.74, 6) is -0.258. The molecule has 4 nitrogen and oxygen atoms in total. The van der Waals surface area contributed by atoms with Gasteiger partial charge in [-0.3, -0.25) is 14.9 Å². The van der Waals surface area contributed by atoms with Gasteiger partial charge in [0.25, 0.3) is 5.69 Å². The van der Waals surface area contributed by atoms with E-state index in [1.807, 2.05) is 13.8 Å². The maximum atomic E-state index is 13.8. The highest BCUT2D eigenvalue weighted by atomic mass is 32.2. The molecule has 0 saturated heterocycles. The summed E-state index contributed by atoms with van der Waals surface area (Å²) in [7, 11) is 0. The molecule has 0 spiro atoms. The molecule has 0 amide bonds. The average Bonchev–Trinajstić information content (AvgIpc) is 2.57. The zero-order valence-electron chi connectivity index (χ0n) is 13.8. The van der Waals surface area contributed by atoms with Gasteiger partial charge in [0.15, 0.2) is 5.78 Å². The lowest BCUT2D eigenvalue weighted by atomic mass is 9.97. The number of fused-ring (bicyclic) bond motifs is 1. The van der Waals surface area contributed by atoms with E-state index in [9.17, 15) is 19.3 Å². The van der Waals surface area contributed by atoms with Crippen molar-refractivity contribution in [3.8, 4) is 0 Å². The number of nitro groups is 1. The summed E-state index contributed by atoms with van der Waals surface area (Å²) >= 11 is 1.27. The number of halogens is 1. The number of hydrogen-bond donors (Lipinski definition) is 0. The number of carbonyl (C=O) groups is 1. The van der Waals surface area contributed by atoms with Crippen LogP contribution in [-0.2, 0) is 0 Å². The van der Waals surface area contributed by atoms with Crippen LogP contribution in [0.4, 0.5) is 10.1 Å². The lowest BCUT2D eigenvalue weighted by Gasteiger charge is -2.17. The van der Waals surface area contributed by atoms with E-state index in [0.29, 0.717) is 32.9 Å². The fraction of sp³-hybridized carbons (Fsp3) is 0.211. The molecule has 1 heterocycles. The van der Waals surface area contributed by atoms with Crippen molar-refractivity contribution in [1.82, 2.24) is 0 Å². The van der Waals surface area contributed by atoms with E-state index in [0.717, 1.165) is 0 Å². The standard InChI is InChI=1S/C19H16FNO3S/c1-11(2)14-7-6-12(9-17(14)21(23)24)8-13-10-25-19-15(18(13)22)4-3-5-16(19)20/h3-9,11H,10H2,1-2H3/b13-8+. The molecule has 3 rings (SSSR count). The number of benzene rings is 2. The number of thioether (sulfide) groups is 1. The number of nitrogens with zero attached hydrogens (tertiary/aromatic N) is 1. The van der Waals surface area contributed by atoms with Crippen molar-refractivity contribution in [2.24, 2.45) is 0 Å². The molecule has 1 aliphatic rings. The molecule has 25 heavy (non-hydrogen) atoms. The van der Waals surface area contributed by atoms with Gasteiger partial charge in [0.1, 0.15) is 5.82 Å². The fourth-order valence-corrected chi connectivity index (χ4v) is 3.86. The van der Waals surface area contributed by atoms with Crippen molar-refractivity contribution in [3.05, 3.63) is 74.6 Å². The van der Waals surface area contributed by atoms with Gasteiger partial charge in [-0.25, -0.2) is 4.39 Å². The van der Waals surface area contributed by atoms with E-state index >= 15 is 0 Å². The topological polar surface area (TPSA) is 60.2 Å². The minimum atomic E-state index is -0.403. The van der Waals surface area contributed by atoms with Gasteiger partial charge in [-0.2, -0.15) is 0 Å². The highest BCUT2D eigenvalue weighted by Crippen LogP contribution is 2.36. The van der Waals surface area contributed by atoms with E-state index in [4.69, 9.17) is 0 Å². The first kappa shape index (κ1) is 17.4. The summed E-state index contributed by atoms with van der Waals surface area (Å²) in [6.07, 6.45) is 1.65. The summed E-state index contributed by atoms with van der Waals surface area (Å²) in [6.45, 7) is 3.79. The molecule has 128 valence electrons. The number of rotatable bonds is 3. The third-order valence-corrected chi connectivity index (χ3v) is 5.25. The highest BCUT2D eigenvalue weighted by molar-refractivity contribution is 7.99. The lowest BCUT2D eigenvalue weighted by molar-refractivity contribution is -0.385. The third kappa shape index (κ3) is 3.35. The predicted octanol–water partition coefficient (Wildman–Crippen LogP) is 5.23. The number of ketones is 1. The zero-order chi connectivity index (χ0) is 18.1. The van der Waals surface area contributed by atoms with E-state index in [-0.39, 0.29) is 17.4 Å². The highest BCUT2D eigenvalue weighted by Gasteiger charge is 2.25. The van der Waals surface area contributed by atoms with Gasteiger partial charge in [-0.1, -0.05) is 32.0 Å². The largest absolute Gasteiger partial charge is 0.289 e. The second-order valence-electron chi connectivity index (χ2n) is 6.13. The van der Waals surface area contributed by atoms with Crippen LogP contribution in [0.5, 0.6) is 0 Å². The normalized spacial score (nSPS) is 15.5. The first-order chi connectivity index (χ1) is 11.9. The van der Waals surface area contributed by atoms with Crippen LogP contribution in [0.25, 0.3) is 6.08 Å². The summed E-state index contributed by atoms with van der Waals surface area (Å²) in [5.41, 5.74) is 2.15. The number of hydrogen-bond acceptors (Lipinski definition) is 4. The molecule has 0 fully saturated rings. The summed E-state index contributed by atoms with van der Waals surface area (Å²) in [4.78, 5) is 23.9. The van der Waals surface area contributed by atoms with E-state index < -0.39 is 10.7 Å². The Bertz CT molecular complexity index is 906. The molecular weight excluding hydrogens is 341 g/mol. The Balaban J connectivity index is 2.00. The Morgan fingerprint density at radius 1 is 1.28 bits per heavy atom. The van der Waals surface area contributed by atoms with Crippen molar-refractivity contribution >= 4 is 29.3 Å². The molecule has 0 unspecified atom stereocenters. The number of Topliss-reactive ketones (excluding diaryl/α,β-unsaturated/α-hetero) is 1. The zero-order valence-corrected chi connectivity index (χ0v) is 14.6. The molecule has 0 saturated carbocycles. The first-order valence-electron chi connectivity index (χ1n) is 7.83. The molecular formula is C19H16FNO3S. The van der Waals surface area contributed by atoms with Gasteiger partial charge in [0, 0.05) is 28.5 Å². The van der Waals surface area contributed by atoms with Crippen LogP contribution in [0.3, 0.4) is 0 Å². The van der Waals surface area contributed by atoms with Crippen molar-refractivity contribution in [2.45, 2.75) is 24.7 Å². The Labute approximate surface area is 148 Å². The smallest absolute Gasteiger partial charge is 0.273 e. The maximum absolute atomic E-state index is 13.8. The minimum Gasteiger partial charge on any atom is -0.289 e. The van der Waals surface area contributed by atoms with E-state index in [1.54, 1.807) is 24.3 Å². The molecule has 0 atom stereocenters. The molecule has 0 aromatic heterocycles. The van der Waals surface area contributed by atoms with Gasteiger partial charge < -0.3 is 0 Å². The van der Waals surface area contributed by atoms with E-state index in [2.05, 4.69) is 0 Å². The van der Waals surface area contributed by atoms with Crippen LogP contribution >= 0.6 is 11.8 Å². The van der Waals surface area contributed by atoms with Gasteiger partial charge in [0.2, 0.25) is 0 Å². The fourth-order valence-electron chi connectivity index (χ4n) is 2.83. The Hall–Kier alpha value is -2.47. The van der Waals surface area contributed by atoms with Gasteiger partial charge in [-0.05, 0) is 29.7 Å². The Morgan fingerprint density at radius 2 is 2.04 bits per heavy atom. The predicted molar refractivity (Wildman–Crippen MR) is 96.6 cm³/mol. The number of carbonyl (C=O) groups excluding carboxylic acids is 1. The lowest BCUT2D eigenvalue weighted by Crippen LogP contribution is -2.13. The minimum absolute atomic E-state index is 0.0313. The molecule has 6 heteroatoms. The second-order valence-corrected chi connectivity index (χ2v) is 7.12. The molecule has 0 N–H and O–H groups in total. The van der Waals surface area contributed by atoms with Gasteiger partial charge in [0.05, 0.1) is 9.82 Å². The number of nitro benzene ring substituents is 1. The van der Waals surface area contributed by atoms with Crippen LogP contribution in [0, 0.1) is 15.9 Å². The van der Waals surface area contributed by atoms with E-state index in [1.165, 1.54) is 30.0 Å². The summed E-state index contributed by atoms with van der Waals surface area (Å²) in [6, 6.07) is 9.43. The Kier molecular flexibility index (Phi) is 4.72. The quantitative estimate of drug-likeness (QED) is 0.429. The third-order valence-electron chi connectivity index (χ3n) is 4.09. The average molecular weight is 357 g/mol. The van der Waals surface area contributed by atoms with Crippen molar-refractivity contribution in [3.63, 3.8) is 0 Å². The molecule has 0 radical (unpaired) electrons. The van der Waals surface area contributed by atoms with Gasteiger partial charge >= 0.3 is 0 Å². The summed E-state index contributed by atoms with van der Waals surface area (Å²) in [5, 5.41) is 11.3. The van der Waals surface area contributed by atoms with Crippen molar-refractivity contribution in [1.29, 1.82) is 0 Å². The SMILES string of the molecule is CC(C)c1ccc(/C=C2\CSc3c(F)cccc3C2=O)cc1[N+](=O)[O-]. The van der Waals surface area contributed by atoms with Crippen LogP contribution in [0.1, 0.15) is 41.3 Å². The molecule has 0 aliphatic carbocycles. The molecule has 2 aromatic rings. The summed E-state index contributed by atoms with van der Waals surface area (Å²) < 4.78 is 13.8. The maximum Gasteiger partial charge on any atom is 0.273 e. The first-order valence-corrected chi connectivity index (χ1v) is 8.82. The Morgan fingerprint density at radius 3 is 2.72 bits per heavy atom. The van der Waals surface area contributed by atoms with Crippen molar-refractivity contribution < 1.29 is 14.1 Å². The molecule has 1 aliphatic heterocycles. The molecule has 0 bridgehead atoms. The second kappa shape index (κ2) is 6.80. The van der Waals surface area contributed by atoms with Crippen LogP contribution < -0.4 is 0 Å². The van der Waals surface area contributed by atoms with Crippen LogP contribution in [0.15, 0.2) is 46.9 Å². The van der Waals surface area contributed by atoms with Crippen molar-refractivity contribution in [2.75, 3.05) is 5.75 Å². The molecule has 2 aromatic carbocycles. The van der Waals surface area contributed by atoms with Crippen LogP contribution in [0.2, 0.25) is 0 Å². The monoisotopic (exact) mass is 357 g/mol. The van der Waals surface area contributed by atoms with Gasteiger partial charge in [-0.15, -0.1) is 11.8 Å².